The van der Waals surface area contributed by atoms with E-state index in [1.807, 2.05) is 0 Å². The van der Waals surface area contributed by atoms with Crippen LogP contribution in [0.1, 0.15) is 0 Å². The number of sulfone groups is 1. The number of anilines is 2. The molecule has 0 aromatic heterocycles. The van der Waals surface area contributed by atoms with Crippen molar-refractivity contribution >= 4 is 43.1 Å². The molecule has 3 rings (SSSR count). The van der Waals surface area contributed by atoms with Crippen molar-refractivity contribution in [3.8, 4) is 11.5 Å². The smallest absolute Gasteiger partial charge is 0.351 e. The minimum absolute atomic E-state index is 0.00427. The van der Waals surface area contributed by atoms with Gasteiger partial charge in [0.05, 0.1) is 37.6 Å². The molecule has 0 bridgehead atoms. The van der Waals surface area contributed by atoms with Gasteiger partial charge in [0.25, 0.3) is 0 Å². The van der Waals surface area contributed by atoms with Gasteiger partial charge in [0, 0.05) is 28.9 Å². The largest absolute Gasteiger partial charge is 0.497 e. The predicted octanol–water partition coefficient (Wildman–Crippen LogP) is 3.41. The average molecular weight is 454 g/mol. The lowest BCUT2D eigenvalue weighted by Crippen LogP contribution is -2.26. The molecule has 7 nitrogen and oxygen atoms in total. The quantitative estimate of drug-likeness (QED) is 0.655. The molecule has 2 aromatic carbocycles. The van der Waals surface area contributed by atoms with Gasteiger partial charge in [-0.05, 0) is 18.2 Å². The number of halogens is 1. The summed E-state index contributed by atoms with van der Waals surface area (Å²) in [6, 6.07) is 9.80. The number of nitrogens with zero attached hydrogens (tertiary/aromatic N) is 1. The zero-order valence-corrected chi connectivity index (χ0v) is 17.1. The van der Waals surface area contributed by atoms with Crippen LogP contribution in [0.15, 0.2) is 56.9 Å². The second-order valence-corrected chi connectivity index (χ2v) is 8.34. The summed E-state index contributed by atoms with van der Waals surface area (Å²) in [4.78, 5) is 13.2. The van der Waals surface area contributed by atoms with Gasteiger partial charge in [0.15, 0.2) is 4.91 Å². The van der Waals surface area contributed by atoms with Gasteiger partial charge < -0.3 is 19.1 Å². The molecule has 1 aliphatic rings. The molecular formula is C18H16BrNO6S. The van der Waals surface area contributed by atoms with Crippen molar-refractivity contribution in [2.24, 2.45) is 0 Å². The number of methoxy groups -OCH3 is 3. The molecule has 0 radical (unpaired) electrons. The number of hydrogen-bond donors (Lipinski definition) is 0. The Kier molecular flexibility index (Phi) is 5.16. The third-order valence-electron chi connectivity index (χ3n) is 4.01. The van der Waals surface area contributed by atoms with Gasteiger partial charge in [-0.25, -0.2) is 13.2 Å². The van der Waals surface area contributed by atoms with Crippen LogP contribution in [0.25, 0.3) is 0 Å². The van der Waals surface area contributed by atoms with Gasteiger partial charge in [0.2, 0.25) is 9.84 Å². The van der Waals surface area contributed by atoms with E-state index in [0.717, 1.165) is 7.11 Å². The van der Waals surface area contributed by atoms with Crippen molar-refractivity contribution < 1.29 is 27.4 Å². The number of hydrogen-bond acceptors (Lipinski definition) is 7. The van der Waals surface area contributed by atoms with Crippen LogP contribution in [-0.4, -0.2) is 35.7 Å². The molecule has 0 N–H and O–H groups in total. The van der Waals surface area contributed by atoms with Crippen LogP contribution >= 0.6 is 15.9 Å². The Morgan fingerprint density at radius 2 is 1.63 bits per heavy atom. The van der Waals surface area contributed by atoms with Crippen molar-refractivity contribution in [3.63, 3.8) is 0 Å². The topological polar surface area (TPSA) is 82.1 Å². The number of carbonyl (C=O) groups is 1. The maximum absolute atomic E-state index is 12.9. The molecule has 0 atom stereocenters. The molecule has 0 amide bonds. The van der Waals surface area contributed by atoms with Gasteiger partial charge in [-0.2, -0.15) is 0 Å². The second-order valence-electron chi connectivity index (χ2n) is 5.54. The Labute approximate surface area is 165 Å². The van der Waals surface area contributed by atoms with E-state index in [-0.39, 0.29) is 4.90 Å². The summed E-state index contributed by atoms with van der Waals surface area (Å²) in [5, 5.41) is 0. The van der Waals surface area contributed by atoms with Gasteiger partial charge >= 0.3 is 5.97 Å². The van der Waals surface area contributed by atoms with Crippen LogP contribution < -0.4 is 14.4 Å². The Bertz CT molecular complexity index is 1030. The second kappa shape index (κ2) is 7.24. The third-order valence-corrected chi connectivity index (χ3v) is 6.28. The molecule has 9 heteroatoms. The van der Waals surface area contributed by atoms with E-state index < -0.39 is 20.7 Å². The van der Waals surface area contributed by atoms with Crippen molar-refractivity contribution in [1.29, 1.82) is 0 Å². The van der Waals surface area contributed by atoms with E-state index >= 15 is 0 Å². The van der Waals surface area contributed by atoms with E-state index in [2.05, 4.69) is 20.7 Å². The first-order valence-electron chi connectivity index (χ1n) is 7.69. The third kappa shape index (κ3) is 3.40. The van der Waals surface area contributed by atoms with Crippen molar-refractivity contribution in [2.75, 3.05) is 26.2 Å². The molecule has 0 spiro atoms. The lowest BCUT2D eigenvalue weighted by molar-refractivity contribution is -0.135. The highest BCUT2D eigenvalue weighted by atomic mass is 79.9. The monoisotopic (exact) mass is 453 g/mol. The molecule has 27 heavy (non-hydrogen) atoms. The Hall–Kier alpha value is -2.52. The van der Waals surface area contributed by atoms with Gasteiger partial charge in [-0.1, -0.05) is 15.9 Å². The molecule has 0 saturated carbocycles. The molecule has 0 saturated heterocycles. The number of esters is 1. The lowest BCUT2D eigenvalue weighted by atomic mass is 10.2. The van der Waals surface area contributed by atoms with Crippen LogP contribution in [0, 0.1) is 0 Å². The number of rotatable bonds is 4. The maximum atomic E-state index is 12.9. The summed E-state index contributed by atoms with van der Waals surface area (Å²) in [6.07, 6.45) is 1.24. The SMILES string of the molecule is COC(=O)C1=CN(c2cc(OC)cc(OC)c2)c2cc(Br)ccc2S1(=O)=O. The van der Waals surface area contributed by atoms with E-state index in [9.17, 15) is 13.2 Å². The van der Waals surface area contributed by atoms with Crippen LogP contribution in [-0.2, 0) is 19.4 Å². The summed E-state index contributed by atoms with van der Waals surface area (Å²) in [5.74, 6) is 0.0909. The molecule has 1 aliphatic heterocycles. The van der Waals surface area contributed by atoms with Crippen LogP contribution in [0.3, 0.4) is 0 Å². The number of ether oxygens (including phenoxy) is 3. The summed E-state index contributed by atoms with van der Waals surface area (Å²) >= 11 is 3.36. The van der Waals surface area contributed by atoms with Crippen LogP contribution in [0.4, 0.5) is 11.4 Å². The lowest BCUT2D eigenvalue weighted by Gasteiger charge is -2.29. The fraction of sp³-hybridized carbons (Fsp3) is 0.167. The van der Waals surface area contributed by atoms with Crippen LogP contribution in [0.5, 0.6) is 11.5 Å². The van der Waals surface area contributed by atoms with E-state index in [4.69, 9.17) is 9.47 Å². The predicted molar refractivity (Wildman–Crippen MR) is 103 cm³/mol. The minimum Gasteiger partial charge on any atom is -0.497 e. The Morgan fingerprint density at radius 1 is 1.00 bits per heavy atom. The highest BCUT2D eigenvalue weighted by Gasteiger charge is 2.36. The Morgan fingerprint density at radius 3 is 2.19 bits per heavy atom. The zero-order valence-electron chi connectivity index (χ0n) is 14.7. The zero-order chi connectivity index (χ0) is 19.8. The van der Waals surface area contributed by atoms with Crippen molar-refractivity contribution in [1.82, 2.24) is 0 Å². The Balaban J connectivity index is 2.31. The normalized spacial score (nSPS) is 14.8. The molecular weight excluding hydrogens is 438 g/mol. The fourth-order valence-electron chi connectivity index (χ4n) is 2.69. The molecule has 0 unspecified atom stereocenters. The minimum atomic E-state index is -4.02. The molecule has 1 heterocycles. The van der Waals surface area contributed by atoms with Gasteiger partial charge in [-0.15, -0.1) is 0 Å². The van der Waals surface area contributed by atoms with E-state index in [0.29, 0.717) is 27.3 Å². The highest BCUT2D eigenvalue weighted by molar-refractivity contribution is 9.10. The first-order chi connectivity index (χ1) is 12.8. The average Bonchev–Trinajstić information content (AvgIpc) is 2.66. The first kappa shape index (κ1) is 19.2. The number of carbonyl (C=O) groups excluding carboxylic acids is 1. The fourth-order valence-corrected chi connectivity index (χ4v) is 4.50. The molecule has 142 valence electrons. The summed E-state index contributed by atoms with van der Waals surface area (Å²) < 4.78 is 41.7. The molecule has 0 fully saturated rings. The van der Waals surface area contributed by atoms with Crippen molar-refractivity contribution in [2.45, 2.75) is 4.90 Å². The standard InChI is InChI=1S/C18H16BrNO6S/c1-24-13-7-12(8-14(9-13)25-2)20-10-17(18(21)26-3)27(22,23)16-5-4-11(19)6-15(16)20/h4-10H,1-3H3. The van der Waals surface area contributed by atoms with E-state index in [1.54, 1.807) is 35.2 Å². The van der Waals surface area contributed by atoms with Gasteiger partial charge in [-0.3, -0.25) is 0 Å². The first-order valence-corrected chi connectivity index (χ1v) is 9.96. The molecule has 0 aliphatic carbocycles. The number of fused-ring (bicyclic) bond motifs is 1. The van der Waals surface area contributed by atoms with E-state index in [1.165, 1.54) is 26.5 Å². The molecule has 2 aromatic rings. The highest BCUT2D eigenvalue weighted by Crippen LogP contribution is 2.42. The summed E-state index contributed by atoms with van der Waals surface area (Å²) in [5.41, 5.74) is 0.939. The maximum Gasteiger partial charge on any atom is 0.351 e. The summed E-state index contributed by atoms with van der Waals surface area (Å²) in [7, 11) is 0.139. The van der Waals surface area contributed by atoms with Crippen LogP contribution in [0.2, 0.25) is 0 Å². The van der Waals surface area contributed by atoms with Crippen molar-refractivity contribution in [3.05, 3.63) is 52.0 Å². The summed E-state index contributed by atoms with van der Waals surface area (Å²) in [6.45, 7) is 0. The number of benzene rings is 2. The van der Waals surface area contributed by atoms with Gasteiger partial charge in [0.1, 0.15) is 11.5 Å².